The van der Waals surface area contributed by atoms with Gasteiger partial charge in [0.1, 0.15) is 18.3 Å². The highest BCUT2D eigenvalue weighted by Gasteiger charge is 2.43. The maximum atomic E-state index is 11.8. The average Bonchev–Trinajstić information content (AvgIpc) is 2.68. The van der Waals surface area contributed by atoms with Crippen LogP contribution in [0.1, 0.15) is 11.8 Å². The molecule has 1 aromatic heterocycles. The summed E-state index contributed by atoms with van der Waals surface area (Å²) in [6.07, 6.45) is -3.17. The van der Waals surface area contributed by atoms with Crippen LogP contribution in [0, 0.1) is 6.92 Å². The lowest BCUT2D eigenvalue weighted by Gasteiger charge is -2.18. The van der Waals surface area contributed by atoms with Crippen LogP contribution in [-0.4, -0.2) is 56.9 Å². The molecular weight excluding hydrogens is 256 g/mol. The van der Waals surface area contributed by atoms with E-state index in [1.807, 2.05) is 0 Å². The van der Waals surface area contributed by atoms with E-state index < -0.39 is 36.8 Å². The van der Waals surface area contributed by atoms with Gasteiger partial charge in [0, 0.05) is 11.8 Å². The van der Waals surface area contributed by atoms with Gasteiger partial charge in [-0.25, -0.2) is 4.79 Å². The molecule has 0 radical (unpaired) electrons. The van der Waals surface area contributed by atoms with E-state index >= 15 is 0 Å². The lowest BCUT2D eigenvalue weighted by Crippen LogP contribution is -2.36. The second-order valence-electron chi connectivity index (χ2n) is 4.35. The van der Waals surface area contributed by atoms with Crippen molar-refractivity contribution in [3.05, 3.63) is 22.2 Å². The molecule has 19 heavy (non-hydrogen) atoms. The number of aliphatic hydroxyl groups is 3. The van der Waals surface area contributed by atoms with E-state index in [1.165, 1.54) is 13.3 Å². The standard InChI is InChI=1S/C11H16N2O6/c1-5-3-13(11(17)12-9(5)18-2)10-8(16)7(15)6(4-14)19-10/h3,6-8,10,14-16H,4H2,1-2H3/t6-,7+,8-,10+/m0/s1. The first-order chi connectivity index (χ1) is 8.99. The number of hydrogen-bond acceptors (Lipinski definition) is 7. The van der Waals surface area contributed by atoms with E-state index in [2.05, 4.69) is 4.98 Å². The first-order valence-corrected chi connectivity index (χ1v) is 5.75. The molecule has 0 aromatic carbocycles. The van der Waals surface area contributed by atoms with Gasteiger partial charge in [0.15, 0.2) is 6.23 Å². The second-order valence-corrected chi connectivity index (χ2v) is 4.35. The van der Waals surface area contributed by atoms with Crippen LogP contribution >= 0.6 is 0 Å². The fourth-order valence-corrected chi connectivity index (χ4v) is 2.05. The molecule has 2 heterocycles. The third-order valence-corrected chi connectivity index (χ3v) is 3.07. The van der Waals surface area contributed by atoms with Crippen LogP contribution in [0.2, 0.25) is 0 Å². The summed E-state index contributed by atoms with van der Waals surface area (Å²) >= 11 is 0. The van der Waals surface area contributed by atoms with Gasteiger partial charge in [0.2, 0.25) is 5.88 Å². The Labute approximate surface area is 108 Å². The first kappa shape index (κ1) is 13.9. The van der Waals surface area contributed by atoms with Crippen molar-refractivity contribution >= 4 is 0 Å². The van der Waals surface area contributed by atoms with Crippen LogP contribution in [0.5, 0.6) is 5.88 Å². The molecular formula is C11H16N2O6. The highest BCUT2D eigenvalue weighted by Crippen LogP contribution is 2.28. The zero-order chi connectivity index (χ0) is 14.2. The predicted octanol–water partition coefficient (Wildman–Crippen LogP) is -1.83. The number of methoxy groups -OCH3 is 1. The topological polar surface area (TPSA) is 114 Å². The Morgan fingerprint density at radius 1 is 1.47 bits per heavy atom. The summed E-state index contributed by atoms with van der Waals surface area (Å²) in [5, 5.41) is 28.5. The highest BCUT2D eigenvalue weighted by molar-refractivity contribution is 5.20. The normalized spacial score (nSPS) is 30.6. The zero-order valence-electron chi connectivity index (χ0n) is 10.6. The van der Waals surface area contributed by atoms with Crippen molar-refractivity contribution in [1.29, 1.82) is 0 Å². The Morgan fingerprint density at radius 2 is 2.16 bits per heavy atom. The maximum absolute atomic E-state index is 11.8. The summed E-state index contributed by atoms with van der Waals surface area (Å²) in [4.78, 5) is 15.5. The summed E-state index contributed by atoms with van der Waals surface area (Å²) in [6, 6.07) is 0. The van der Waals surface area contributed by atoms with Gasteiger partial charge in [-0.15, -0.1) is 0 Å². The molecule has 0 aliphatic carbocycles. The molecule has 4 atom stereocenters. The van der Waals surface area contributed by atoms with Gasteiger partial charge >= 0.3 is 5.69 Å². The second kappa shape index (κ2) is 5.25. The lowest BCUT2D eigenvalue weighted by atomic mass is 10.1. The molecule has 0 spiro atoms. The van der Waals surface area contributed by atoms with Gasteiger partial charge in [-0.2, -0.15) is 4.98 Å². The number of aromatic nitrogens is 2. The van der Waals surface area contributed by atoms with Crippen molar-refractivity contribution in [2.45, 2.75) is 31.5 Å². The third-order valence-electron chi connectivity index (χ3n) is 3.07. The number of rotatable bonds is 3. The number of nitrogens with zero attached hydrogens (tertiary/aromatic N) is 2. The van der Waals surface area contributed by atoms with Crippen LogP contribution < -0.4 is 10.4 Å². The molecule has 1 saturated heterocycles. The van der Waals surface area contributed by atoms with Crippen molar-refractivity contribution < 1.29 is 24.8 Å². The van der Waals surface area contributed by atoms with Crippen LogP contribution in [-0.2, 0) is 4.74 Å². The molecule has 0 amide bonds. The van der Waals surface area contributed by atoms with E-state index in [1.54, 1.807) is 6.92 Å². The molecule has 0 saturated carbocycles. The van der Waals surface area contributed by atoms with Crippen LogP contribution in [0.4, 0.5) is 0 Å². The van der Waals surface area contributed by atoms with E-state index in [-0.39, 0.29) is 5.88 Å². The van der Waals surface area contributed by atoms with Gasteiger partial charge in [-0.1, -0.05) is 0 Å². The predicted molar refractivity (Wildman–Crippen MR) is 62.8 cm³/mol. The summed E-state index contributed by atoms with van der Waals surface area (Å²) in [6.45, 7) is 1.23. The quantitative estimate of drug-likeness (QED) is 0.593. The van der Waals surface area contributed by atoms with Crippen molar-refractivity contribution in [1.82, 2.24) is 9.55 Å². The maximum Gasteiger partial charge on any atom is 0.353 e. The molecule has 1 aliphatic heterocycles. The SMILES string of the molecule is COc1nc(=O)n([C@@H]2O[C@@H](CO)[C@@H](O)[C@@H]2O)cc1C. The number of aliphatic hydroxyl groups excluding tert-OH is 3. The van der Waals surface area contributed by atoms with Gasteiger partial charge < -0.3 is 24.8 Å². The zero-order valence-corrected chi connectivity index (χ0v) is 10.6. The highest BCUT2D eigenvalue weighted by atomic mass is 16.6. The van der Waals surface area contributed by atoms with Gasteiger partial charge in [-0.3, -0.25) is 4.57 Å². The molecule has 106 valence electrons. The average molecular weight is 272 g/mol. The Balaban J connectivity index is 2.38. The first-order valence-electron chi connectivity index (χ1n) is 5.75. The Bertz CT molecular complexity index is 516. The Morgan fingerprint density at radius 3 is 2.68 bits per heavy atom. The molecule has 1 fully saturated rings. The fourth-order valence-electron chi connectivity index (χ4n) is 2.05. The Kier molecular flexibility index (Phi) is 3.85. The van der Waals surface area contributed by atoms with Crippen LogP contribution in [0.15, 0.2) is 11.0 Å². The molecule has 0 unspecified atom stereocenters. The van der Waals surface area contributed by atoms with E-state index in [0.717, 1.165) is 4.57 Å². The molecule has 1 aliphatic rings. The van der Waals surface area contributed by atoms with Crippen molar-refractivity contribution in [2.75, 3.05) is 13.7 Å². The summed E-state index contributed by atoms with van der Waals surface area (Å²) < 4.78 is 11.3. The summed E-state index contributed by atoms with van der Waals surface area (Å²) in [5.41, 5.74) is -0.0860. The van der Waals surface area contributed by atoms with Gasteiger partial charge in [-0.05, 0) is 6.92 Å². The monoisotopic (exact) mass is 272 g/mol. The largest absolute Gasteiger partial charge is 0.481 e. The van der Waals surface area contributed by atoms with E-state index in [9.17, 15) is 15.0 Å². The van der Waals surface area contributed by atoms with Gasteiger partial charge in [0.25, 0.3) is 0 Å². The minimum Gasteiger partial charge on any atom is -0.481 e. The summed E-state index contributed by atoms with van der Waals surface area (Å²) in [7, 11) is 1.39. The van der Waals surface area contributed by atoms with Crippen molar-refractivity contribution in [3.63, 3.8) is 0 Å². The van der Waals surface area contributed by atoms with Crippen LogP contribution in [0.3, 0.4) is 0 Å². The molecule has 1 aromatic rings. The van der Waals surface area contributed by atoms with Crippen LogP contribution in [0.25, 0.3) is 0 Å². The molecule has 3 N–H and O–H groups in total. The minimum atomic E-state index is -1.32. The lowest BCUT2D eigenvalue weighted by molar-refractivity contribution is -0.0551. The van der Waals surface area contributed by atoms with Gasteiger partial charge in [0.05, 0.1) is 13.7 Å². The number of ether oxygens (including phenoxy) is 2. The Hall–Kier alpha value is -1.48. The third kappa shape index (κ3) is 2.35. The van der Waals surface area contributed by atoms with E-state index in [4.69, 9.17) is 14.6 Å². The number of hydrogen-bond donors (Lipinski definition) is 3. The fraction of sp³-hybridized carbons (Fsp3) is 0.636. The van der Waals surface area contributed by atoms with Crippen molar-refractivity contribution in [3.8, 4) is 5.88 Å². The van der Waals surface area contributed by atoms with Crippen molar-refractivity contribution in [2.24, 2.45) is 0 Å². The molecule has 8 nitrogen and oxygen atoms in total. The molecule has 8 heteroatoms. The number of aryl methyl sites for hydroxylation is 1. The minimum absolute atomic E-state index is 0.188. The smallest absolute Gasteiger partial charge is 0.353 e. The van der Waals surface area contributed by atoms with E-state index in [0.29, 0.717) is 5.56 Å². The summed E-state index contributed by atoms with van der Waals surface area (Å²) in [5.74, 6) is 0.188. The molecule has 2 rings (SSSR count). The molecule has 0 bridgehead atoms.